The van der Waals surface area contributed by atoms with E-state index in [9.17, 15) is 17.2 Å². The van der Waals surface area contributed by atoms with Gasteiger partial charge in [0.1, 0.15) is 22.3 Å². The molecule has 1 aromatic carbocycles. The van der Waals surface area contributed by atoms with Crippen molar-refractivity contribution in [2.75, 3.05) is 11.3 Å². The Morgan fingerprint density at radius 1 is 1.25 bits per heavy atom. The zero-order chi connectivity index (χ0) is 22.7. The van der Waals surface area contributed by atoms with E-state index in [1.807, 2.05) is 6.08 Å². The Bertz CT molecular complexity index is 1230. The topological polar surface area (TPSA) is 81.2 Å². The maximum Gasteiger partial charge on any atom is 0.266 e. The van der Waals surface area contributed by atoms with Gasteiger partial charge in [-0.3, -0.25) is 9.71 Å². The lowest BCUT2D eigenvalue weighted by atomic mass is 9.86. The van der Waals surface area contributed by atoms with Crippen LogP contribution >= 0.6 is 22.9 Å². The van der Waals surface area contributed by atoms with Crippen LogP contribution in [0.1, 0.15) is 25.0 Å². The lowest BCUT2D eigenvalue weighted by Gasteiger charge is -2.24. The Morgan fingerprint density at radius 2 is 2.09 bits per heavy atom. The number of ether oxygens (including phenoxy) is 1. The molecular weight excluding hydrogens is 480 g/mol. The van der Waals surface area contributed by atoms with Gasteiger partial charge >= 0.3 is 0 Å². The summed E-state index contributed by atoms with van der Waals surface area (Å²) < 4.78 is 60.8. The summed E-state index contributed by atoms with van der Waals surface area (Å²) in [6, 6.07) is 4.93. The number of pyridine rings is 1. The minimum absolute atomic E-state index is 0.0358. The van der Waals surface area contributed by atoms with Gasteiger partial charge in [-0.25, -0.2) is 22.2 Å². The number of benzene rings is 1. The molecule has 0 radical (unpaired) electrons. The third-order valence-electron chi connectivity index (χ3n) is 4.97. The molecule has 0 fully saturated rings. The lowest BCUT2D eigenvalue weighted by Crippen LogP contribution is -2.18. The fraction of sp³-hybridized carbons (Fsp3) is 0.238. The number of anilines is 1. The summed E-state index contributed by atoms with van der Waals surface area (Å²) in [7, 11) is -4.21. The Morgan fingerprint density at radius 3 is 2.81 bits per heavy atom. The summed E-state index contributed by atoms with van der Waals surface area (Å²) in [5.74, 6) is -1.33. The second kappa shape index (κ2) is 9.51. The smallest absolute Gasteiger partial charge is 0.266 e. The number of nitrogens with zero attached hydrogens (tertiary/aromatic N) is 2. The quantitative estimate of drug-likeness (QED) is 0.464. The Labute approximate surface area is 193 Å². The lowest BCUT2D eigenvalue weighted by molar-refractivity contribution is 0.267. The number of aromatic nitrogens is 2. The van der Waals surface area contributed by atoms with E-state index >= 15 is 0 Å². The highest BCUT2D eigenvalue weighted by molar-refractivity contribution is 7.92. The van der Waals surface area contributed by atoms with Crippen molar-refractivity contribution in [3.8, 4) is 5.75 Å². The molecule has 4 rings (SSSR count). The molecule has 0 saturated carbocycles. The average molecular weight is 498 g/mol. The fourth-order valence-electron chi connectivity index (χ4n) is 3.45. The van der Waals surface area contributed by atoms with E-state index in [1.54, 1.807) is 6.07 Å². The Balaban J connectivity index is 1.51. The molecular formula is C21H18ClF2N3O3S2. The molecule has 6 nitrogen and oxygen atoms in total. The van der Waals surface area contributed by atoms with Crippen molar-refractivity contribution < 1.29 is 21.9 Å². The van der Waals surface area contributed by atoms with Gasteiger partial charge in [-0.2, -0.15) is 0 Å². The van der Waals surface area contributed by atoms with Gasteiger partial charge in [0.15, 0.2) is 5.82 Å². The number of sulfonamides is 1. The second-order valence-corrected chi connectivity index (χ2v) is 9.93. The molecule has 1 atom stereocenters. The standard InChI is InChI=1S/C21H18ClF2N3O3S2/c22-16-7-20(32(28,29)27-21-11-31-12-26-21)17(24)8-19(16)30-10-13-3-1-2-4-15(13)18-6-5-14(23)9-25-18/h4-9,11-13,27H,1-3,10H2. The van der Waals surface area contributed by atoms with Crippen LogP contribution in [-0.2, 0) is 10.0 Å². The first-order valence-electron chi connectivity index (χ1n) is 9.68. The molecule has 1 aliphatic rings. The first kappa shape index (κ1) is 22.6. The maximum atomic E-state index is 14.7. The maximum absolute atomic E-state index is 14.7. The van der Waals surface area contributed by atoms with Gasteiger partial charge in [-0.15, -0.1) is 11.3 Å². The molecule has 0 saturated heterocycles. The molecule has 2 aromatic heterocycles. The summed E-state index contributed by atoms with van der Waals surface area (Å²) in [5, 5.41) is 1.45. The summed E-state index contributed by atoms with van der Waals surface area (Å²) in [5.41, 5.74) is 3.04. The van der Waals surface area contributed by atoms with Crippen molar-refractivity contribution in [3.63, 3.8) is 0 Å². The molecule has 0 spiro atoms. The van der Waals surface area contributed by atoms with E-state index in [2.05, 4.69) is 14.7 Å². The molecule has 11 heteroatoms. The van der Waals surface area contributed by atoms with E-state index in [1.165, 1.54) is 28.3 Å². The van der Waals surface area contributed by atoms with Gasteiger partial charge in [-0.1, -0.05) is 17.7 Å². The van der Waals surface area contributed by atoms with Crippen molar-refractivity contribution >= 4 is 44.4 Å². The molecule has 168 valence electrons. The van der Waals surface area contributed by atoms with Gasteiger partial charge in [0.05, 0.1) is 29.0 Å². The van der Waals surface area contributed by atoms with Crippen molar-refractivity contribution in [1.29, 1.82) is 0 Å². The van der Waals surface area contributed by atoms with Crippen LogP contribution in [0, 0.1) is 17.6 Å². The number of hydrogen-bond acceptors (Lipinski definition) is 6. The van der Waals surface area contributed by atoms with E-state index in [4.69, 9.17) is 16.3 Å². The number of halogens is 3. The van der Waals surface area contributed by atoms with Crippen molar-refractivity contribution in [3.05, 3.63) is 69.8 Å². The molecule has 0 bridgehead atoms. The van der Waals surface area contributed by atoms with Crippen molar-refractivity contribution in [1.82, 2.24) is 9.97 Å². The summed E-state index contributed by atoms with van der Waals surface area (Å²) >= 11 is 7.41. The normalized spacial score (nSPS) is 16.5. The number of thiazole rings is 1. The molecule has 32 heavy (non-hydrogen) atoms. The predicted octanol–water partition coefficient (Wildman–Crippen LogP) is 5.53. The van der Waals surface area contributed by atoms with E-state index in [0.29, 0.717) is 5.69 Å². The molecule has 0 amide bonds. The average Bonchev–Trinajstić information content (AvgIpc) is 3.27. The van der Waals surface area contributed by atoms with Gasteiger partial charge in [0, 0.05) is 17.4 Å². The van der Waals surface area contributed by atoms with Crippen molar-refractivity contribution in [2.24, 2.45) is 5.92 Å². The summed E-state index contributed by atoms with van der Waals surface area (Å²) in [6.07, 6.45) is 5.83. The SMILES string of the molecule is O=S(=O)(Nc1cscn1)c1cc(Cl)c(OCC2CCCC=C2c2ccc(F)cn2)cc1F. The highest BCUT2D eigenvalue weighted by Crippen LogP contribution is 2.35. The van der Waals surface area contributed by atoms with Crippen LogP contribution in [0.4, 0.5) is 14.6 Å². The van der Waals surface area contributed by atoms with Gasteiger partial charge in [0.2, 0.25) is 0 Å². The zero-order valence-electron chi connectivity index (χ0n) is 16.6. The van der Waals surface area contributed by atoms with Crippen LogP contribution < -0.4 is 9.46 Å². The molecule has 1 aliphatic carbocycles. The number of hydrogen-bond donors (Lipinski definition) is 1. The molecule has 1 N–H and O–H groups in total. The van der Waals surface area contributed by atoms with Crippen LogP contribution in [0.5, 0.6) is 5.75 Å². The second-order valence-electron chi connectivity index (χ2n) is 7.15. The number of nitrogens with one attached hydrogen (secondary N) is 1. The van der Waals surface area contributed by atoms with Crippen LogP contribution in [-0.4, -0.2) is 25.0 Å². The summed E-state index contributed by atoms with van der Waals surface area (Å²) in [4.78, 5) is 7.38. The van der Waals surface area contributed by atoms with Gasteiger partial charge < -0.3 is 4.74 Å². The molecule has 1 unspecified atom stereocenters. The molecule has 2 heterocycles. The summed E-state index contributed by atoms with van der Waals surface area (Å²) in [6.45, 7) is 0.188. The molecule has 0 aliphatic heterocycles. The first-order valence-corrected chi connectivity index (χ1v) is 12.5. The highest BCUT2D eigenvalue weighted by Gasteiger charge is 2.25. The van der Waals surface area contributed by atoms with Crippen LogP contribution in [0.3, 0.4) is 0 Å². The number of allylic oxidation sites excluding steroid dienone is 1. The van der Waals surface area contributed by atoms with E-state index < -0.39 is 26.6 Å². The monoisotopic (exact) mass is 497 g/mol. The van der Waals surface area contributed by atoms with Gasteiger partial charge in [0.25, 0.3) is 10.0 Å². The Hall–Kier alpha value is -2.56. The minimum atomic E-state index is -4.21. The highest BCUT2D eigenvalue weighted by atomic mass is 35.5. The van der Waals surface area contributed by atoms with Gasteiger partial charge in [-0.05, 0) is 43.0 Å². The minimum Gasteiger partial charge on any atom is -0.491 e. The Kier molecular flexibility index (Phi) is 6.73. The van der Waals surface area contributed by atoms with E-state index in [0.717, 1.165) is 43.2 Å². The third kappa shape index (κ3) is 5.08. The first-order chi connectivity index (χ1) is 15.3. The zero-order valence-corrected chi connectivity index (χ0v) is 19.0. The van der Waals surface area contributed by atoms with E-state index in [-0.39, 0.29) is 29.1 Å². The van der Waals surface area contributed by atoms with Crippen molar-refractivity contribution in [2.45, 2.75) is 24.2 Å². The van der Waals surface area contributed by atoms with Crippen LogP contribution in [0.15, 0.2) is 52.3 Å². The molecule has 3 aromatic rings. The fourth-order valence-corrected chi connectivity index (χ4v) is 5.38. The van der Waals surface area contributed by atoms with Crippen LogP contribution in [0.25, 0.3) is 5.57 Å². The number of rotatable bonds is 7. The largest absolute Gasteiger partial charge is 0.491 e. The predicted molar refractivity (Wildman–Crippen MR) is 119 cm³/mol. The third-order valence-corrected chi connectivity index (χ3v) is 7.22. The van der Waals surface area contributed by atoms with Crippen LogP contribution in [0.2, 0.25) is 5.02 Å².